The Morgan fingerprint density at radius 3 is 2.11 bits per heavy atom. The van der Waals surface area contributed by atoms with E-state index in [0.29, 0.717) is 6.61 Å². The highest BCUT2D eigenvalue weighted by Gasteiger charge is 2.42. The van der Waals surface area contributed by atoms with E-state index in [9.17, 15) is 23.1 Å². The van der Waals surface area contributed by atoms with Crippen molar-refractivity contribution in [3.8, 4) is 16.9 Å². The van der Waals surface area contributed by atoms with Gasteiger partial charge in [-0.05, 0) is 55.2 Å². The summed E-state index contributed by atoms with van der Waals surface area (Å²) in [6.07, 6.45) is -7.00. The molecule has 0 amide bonds. The van der Waals surface area contributed by atoms with E-state index < -0.39 is 18.2 Å². The molecular formula is C20H21F3O4. The number of aromatic hydroxyl groups is 1. The molecular weight excluding hydrogens is 361 g/mol. The Bertz CT molecular complexity index is 724. The monoisotopic (exact) mass is 382 g/mol. The normalized spacial score (nSPS) is 12.6. The summed E-state index contributed by atoms with van der Waals surface area (Å²) in [5.41, 5.74) is 1.60. The summed E-state index contributed by atoms with van der Waals surface area (Å²) in [7, 11) is 0. The number of halogens is 3. The lowest BCUT2D eigenvalue weighted by Crippen LogP contribution is -2.34. The lowest BCUT2D eigenvalue weighted by molar-refractivity contribution is -0.206. The maximum absolute atomic E-state index is 13.1. The maximum atomic E-state index is 13.1. The van der Waals surface area contributed by atoms with Crippen LogP contribution in [0.15, 0.2) is 48.5 Å². The Hall–Kier alpha value is -2.54. The van der Waals surface area contributed by atoms with Crippen molar-refractivity contribution in [1.82, 2.24) is 0 Å². The average Bonchev–Trinajstić information content (AvgIpc) is 2.64. The third-order valence-electron chi connectivity index (χ3n) is 3.89. The van der Waals surface area contributed by atoms with Crippen molar-refractivity contribution < 1.29 is 32.5 Å². The second kappa shape index (κ2) is 9.41. The van der Waals surface area contributed by atoms with E-state index >= 15 is 0 Å². The minimum atomic E-state index is -4.63. The van der Waals surface area contributed by atoms with Crippen molar-refractivity contribution >= 4 is 5.97 Å². The second-order valence-electron chi connectivity index (χ2n) is 5.90. The lowest BCUT2D eigenvalue weighted by Gasteiger charge is -2.20. The minimum Gasteiger partial charge on any atom is -0.508 e. The van der Waals surface area contributed by atoms with Gasteiger partial charge in [-0.25, -0.2) is 4.79 Å². The molecule has 0 aromatic heterocycles. The van der Waals surface area contributed by atoms with Gasteiger partial charge in [-0.15, -0.1) is 0 Å². The fraction of sp³-hybridized carbons (Fsp3) is 0.350. The van der Waals surface area contributed by atoms with Gasteiger partial charge in [-0.3, -0.25) is 0 Å². The van der Waals surface area contributed by atoms with E-state index in [0.717, 1.165) is 11.1 Å². The summed E-state index contributed by atoms with van der Waals surface area (Å²) in [5.74, 6) is -0.896. The molecule has 1 atom stereocenters. The molecule has 2 aromatic rings. The molecule has 0 fully saturated rings. The van der Waals surface area contributed by atoms with Crippen LogP contribution in [0.5, 0.6) is 5.75 Å². The van der Waals surface area contributed by atoms with Crippen LogP contribution >= 0.6 is 0 Å². The van der Waals surface area contributed by atoms with Crippen LogP contribution in [0, 0.1) is 0 Å². The highest BCUT2D eigenvalue weighted by atomic mass is 19.4. The number of rotatable bonds is 8. The van der Waals surface area contributed by atoms with Crippen LogP contribution in [0.3, 0.4) is 0 Å². The molecule has 0 aliphatic heterocycles. The Kier molecular flexibility index (Phi) is 7.24. The van der Waals surface area contributed by atoms with Crippen molar-refractivity contribution in [3.05, 3.63) is 54.1 Å². The van der Waals surface area contributed by atoms with E-state index in [1.54, 1.807) is 31.2 Å². The Balaban J connectivity index is 2.03. The number of carbonyl (C=O) groups is 1. The molecule has 7 heteroatoms. The largest absolute Gasteiger partial charge is 0.508 e. The first kappa shape index (κ1) is 20.8. The number of benzene rings is 2. The number of esters is 1. The molecule has 1 N–H and O–H groups in total. The van der Waals surface area contributed by atoms with Gasteiger partial charge in [0.2, 0.25) is 0 Å². The first-order valence-corrected chi connectivity index (χ1v) is 8.56. The zero-order valence-corrected chi connectivity index (χ0v) is 14.8. The summed E-state index contributed by atoms with van der Waals surface area (Å²) in [4.78, 5) is 12.1. The summed E-state index contributed by atoms with van der Waals surface area (Å²) >= 11 is 0. The Labute approximate surface area is 155 Å². The van der Waals surface area contributed by atoms with Crippen molar-refractivity contribution in [1.29, 1.82) is 0 Å². The average molecular weight is 382 g/mol. The number of hydrogen-bond acceptors (Lipinski definition) is 4. The molecule has 27 heavy (non-hydrogen) atoms. The Morgan fingerprint density at radius 1 is 1.04 bits per heavy atom. The highest BCUT2D eigenvalue weighted by Crippen LogP contribution is 2.28. The molecule has 0 spiro atoms. The van der Waals surface area contributed by atoms with E-state index in [1.165, 1.54) is 24.3 Å². The van der Waals surface area contributed by atoms with Crippen molar-refractivity contribution in [2.45, 2.75) is 32.0 Å². The SMILES string of the molecule is CCOCCC[C@@H](OC(=O)c1ccc(-c2ccc(O)cc2)cc1)C(F)(F)F. The van der Waals surface area contributed by atoms with Crippen LogP contribution in [-0.4, -0.2) is 36.6 Å². The quantitative estimate of drug-likeness (QED) is 0.518. The zero-order chi connectivity index (χ0) is 19.9. The fourth-order valence-electron chi connectivity index (χ4n) is 2.45. The molecule has 2 rings (SSSR count). The molecule has 0 unspecified atom stereocenters. The van der Waals surface area contributed by atoms with Crippen LogP contribution in [0.1, 0.15) is 30.1 Å². The molecule has 0 radical (unpaired) electrons. The first-order valence-electron chi connectivity index (χ1n) is 8.56. The van der Waals surface area contributed by atoms with Gasteiger partial charge < -0.3 is 14.6 Å². The van der Waals surface area contributed by atoms with Gasteiger partial charge in [-0.2, -0.15) is 13.2 Å². The number of phenolic OH excluding ortho intramolecular Hbond substituents is 1. The van der Waals surface area contributed by atoms with Crippen LogP contribution in [0.4, 0.5) is 13.2 Å². The third-order valence-corrected chi connectivity index (χ3v) is 3.89. The molecule has 4 nitrogen and oxygen atoms in total. The van der Waals surface area contributed by atoms with Gasteiger partial charge in [0.15, 0.2) is 6.10 Å². The first-order chi connectivity index (χ1) is 12.8. The third kappa shape index (κ3) is 6.29. The van der Waals surface area contributed by atoms with E-state index in [-0.39, 0.29) is 30.8 Å². The predicted octanol–water partition coefficient (Wildman–Crippen LogP) is 4.96. The van der Waals surface area contributed by atoms with Gasteiger partial charge >= 0.3 is 12.1 Å². The smallest absolute Gasteiger partial charge is 0.425 e. The molecule has 0 bridgehead atoms. The number of alkyl halides is 3. The van der Waals surface area contributed by atoms with Crippen LogP contribution in [0.2, 0.25) is 0 Å². The Morgan fingerprint density at radius 2 is 1.59 bits per heavy atom. The molecule has 0 saturated heterocycles. The number of hydrogen-bond donors (Lipinski definition) is 1. The van der Waals surface area contributed by atoms with Crippen molar-refractivity contribution in [2.75, 3.05) is 13.2 Å². The number of ether oxygens (including phenoxy) is 2. The van der Waals surface area contributed by atoms with Crippen molar-refractivity contribution in [3.63, 3.8) is 0 Å². The van der Waals surface area contributed by atoms with Gasteiger partial charge in [0.05, 0.1) is 5.56 Å². The summed E-state index contributed by atoms with van der Waals surface area (Å²) < 4.78 is 49.0. The fourth-order valence-corrected chi connectivity index (χ4v) is 2.45. The topological polar surface area (TPSA) is 55.8 Å². The molecule has 0 aliphatic carbocycles. The standard InChI is InChI=1S/C20H21F3O4/c1-2-26-13-3-4-18(20(21,22)23)27-19(25)16-7-5-14(6-8-16)15-9-11-17(24)12-10-15/h5-12,18,24H,2-4,13H2,1H3/t18-/m1/s1. The van der Waals surface area contributed by atoms with Gasteiger partial charge in [0.25, 0.3) is 0 Å². The van der Waals surface area contributed by atoms with E-state index in [4.69, 9.17) is 4.74 Å². The molecule has 146 valence electrons. The number of phenols is 1. The van der Waals surface area contributed by atoms with Crippen LogP contribution in [0.25, 0.3) is 11.1 Å². The lowest BCUT2D eigenvalue weighted by atomic mass is 10.0. The highest BCUT2D eigenvalue weighted by molar-refractivity contribution is 5.90. The number of carbonyl (C=O) groups excluding carboxylic acids is 1. The summed E-state index contributed by atoms with van der Waals surface area (Å²) in [6.45, 7) is 2.36. The zero-order valence-electron chi connectivity index (χ0n) is 14.8. The summed E-state index contributed by atoms with van der Waals surface area (Å²) in [6, 6.07) is 12.5. The van der Waals surface area contributed by atoms with Gasteiger partial charge in [-0.1, -0.05) is 24.3 Å². The van der Waals surface area contributed by atoms with Crippen LogP contribution in [-0.2, 0) is 9.47 Å². The van der Waals surface area contributed by atoms with Crippen LogP contribution < -0.4 is 0 Å². The van der Waals surface area contributed by atoms with Gasteiger partial charge in [0.1, 0.15) is 5.75 Å². The van der Waals surface area contributed by atoms with Gasteiger partial charge in [0, 0.05) is 13.2 Å². The minimum absolute atomic E-state index is 0.0385. The maximum Gasteiger partial charge on any atom is 0.425 e. The predicted molar refractivity (Wildman–Crippen MR) is 94.5 cm³/mol. The van der Waals surface area contributed by atoms with Crippen molar-refractivity contribution in [2.24, 2.45) is 0 Å². The molecule has 0 saturated carbocycles. The van der Waals surface area contributed by atoms with E-state index in [1.807, 2.05) is 0 Å². The summed E-state index contributed by atoms with van der Waals surface area (Å²) in [5, 5.41) is 9.30. The molecule has 2 aromatic carbocycles. The molecule has 0 aliphatic rings. The van der Waals surface area contributed by atoms with E-state index in [2.05, 4.69) is 4.74 Å². The molecule has 0 heterocycles. The second-order valence-corrected chi connectivity index (χ2v) is 5.90.